The van der Waals surface area contributed by atoms with E-state index in [1.54, 1.807) is 6.92 Å². The van der Waals surface area contributed by atoms with Gasteiger partial charge in [-0.05, 0) is 91.8 Å². The third-order valence-corrected chi connectivity index (χ3v) is 7.01. The molecule has 1 aromatic carbocycles. The van der Waals surface area contributed by atoms with Gasteiger partial charge in [-0.3, -0.25) is 9.59 Å². The minimum atomic E-state index is -0.501. The van der Waals surface area contributed by atoms with E-state index in [0.717, 1.165) is 19.3 Å². The Kier molecular flexibility index (Phi) is 4.56. The summed E-state index contributed by atoms with van der Waals surface area (Å²) in [6, 6.07) is 4.19. The second kappa shape index (κ2) is 7.14. The number of benzene rings is 1. The fraction of sp³-hybridized carbons (Fsp3) is 0.571. The number of amides is 2. The lowest BCUT2D eigenvalue weighted by atomic mass is 9.49. The lowest BCUT2D eigenvalue weighted by Crippen LogP contribution is -2.54. The molecule has 2 aromatic rings. The third-order valence-electron chi connectivity index (χ3n) is 7.01. The Bertz CT molecular complexity index is 968. The van der Waals surface area contributed by atoms with Crippen LogP contribution in [0.4, 0.5) is 10.1 Å². The lowest BCUT2D eigenvalue weighted by Gasteiger charge is -2.55. The Balaban J connectivity index is 1.22. The van der Waals surface area contributed by atoms with Crippen LogP contribution in [0.1, 0.15) is 44.3 Å². The molecule has 30 heavy (non-hydrogen) atoms. The minimum absolute atomic E-state index is 0.0147. The van der Waals surface area contributed by atoms with Crippen molar-refractivity contribution in [1.82, 2.24) is 25.5 Å². The number of carbonyl (C=O) groups excluding carboxylic acids is 2. The van der Waals surface area contributed by atoms with Crippen LogP contribution in [0.3, 0.4) is 0 Å². The molecule has 0 aliphatic heterocycles. The summed E-state index contributed by atoms with van der Waals surface area (Å²) in [5.74, 6) is 1.60. The molecule has 2 N–H and O–H groups in total. The molecular formula is C21H25FN6O2. The van der Waals surface area contributed by atoms with Crippen molar-refractivity contribution in [3.8, 4) is 5.69 Å². The normalized spacial score (nSPS) is 29.1. The van der Waals surface area contributed by atoms with Gasteiger partial charge < -0.3 is 10.6 Å². The Morgan fingerprint density at radius 1 is 1.17 bits per heavy atom. The molecule has 4 fully saturated rings. The summed E-state index contributed by atoms with van der Waals surface area (Å²) in [5.41, 5.74) is 0.277. The van der Waals surface area contributed by atoms with Gasteiger partial charge in [0.25, 0.3) is 0 Å². The SMILES string of the molecule is Cc1nnnn1-c1cc(NC(=O)CNC(=O)C23CC4CC(CC(C4)C2)C3)ccc1F. The van der Waals surface area contributed by atoms with Gasteiger partial charge in [-0.1, -0.05) is 0 Å². The number of halogens is 1. The first-order chi connectivity index (χ1) is 14.4. The summed E-state index contributed by atoms with van der Waals surface area (Å²) in [6.45, 7) is 1.56. The Morgan fingerprint density at radius 2 is 1.83 bits per heavy atom. The van der Waals surface area contributed by atoms with Crippen molar-refractivity contribution in [3.05, 3.63) is 29.8 Å². The van der Waals surface area contributed by atoms with Crippen LogP contribution >= 0.6 is 0 Å². The highest BCUT2D eigenvalue weighted by Crippen LogP contribution is 2.60. The maximum atomic E-state index is 14.2. The lowest BCUT2D eigenvalue weighted by molar-refractivity contribution is -0.146. The van der Waals surface area contributed by atoms with Crippen LogP contribution in [0, 0.1) is 35.9 Å². The summed E-state index contributed by atoms with van der Waals surface area (Å²) in [7, 11) is 0. The zero-order valence-electron chi connectivity index (χ0n) is 16.9. The van der Waals surface area contributed by atoms with Crippen molar-refractivity contribution in [2.24, 2.45) is 23.2 Å². The molecule has 4 bridgehead atoms. The van der Waals surface area contributed by atoms with E-state index in [-0.39, 0.29) is 29.5 Å². The van der Waals surface area contributed by atoms with E-state index < -0.39 is 5.82 Å². The first kappa shape index (κ1) is 19.1. The van der Waals surface area contributed by atoms with Crippen molar-refractivity contribution in [2.75, 3.05) is 11.9 Å². The average Bonchev–Trinajstić information content (AvgIpc) is 3.12. The molecule has 0 unspecified atom stereocenters. The number of hydrogen-bond donors (Lipinski definition) is 2. The van der Waals surface area contributed by atoms with Crippen molar-refractivity contribution in [3.63, 3.8) is 0 Å². The fourth-order valence-corrected chi connectivity index (χ4v) is 6.15. The van der Waals surface area contributed by atoms with Crippen molar-refractivity contribution in [2.45, 2.75) is 45.4 Å². The number of nitrogens with one attached hydrogen (secondary N) is 2. The number of nitrogens with zero attached hydrogens (tertiary/aromatic N) is 4. The molecule has 0 atom stereocenters. The predicted molar refractivity (Wildman–Crippen MR) is 106 cm³/mol. The number of aryl methyl sites for hydroxylation is 1. The first-order valence-corrected chi connectivity index (χ1v) is 10.5. The van der Waals surface area contributed by atoms with E-state index >= 15 is 0 Å². The zero-order chi connectivity index (χ0) is 20.9. The molecule has 0 spiro atoms. The highest BCUT2D eigenvalue weighted by atomic mass is 19.1. The Labute approximate surface area is 173 Å². The minimum Gasteiger partial charge on any atom is -0.347 e. The number of rotatable bonds is 5. The largest absolute Gasteiger partial charge is 0.347 e. The number of tetrazole rings is 1. The second-order valence-electron chi connectivity index (χ2n) is 9.23. The highest BCUT2D eigenvalue weighted by Gasteiger charge is 2.54. The Morgan fingerprint density at radius 3 is 2.43 bits per heavy atom. The number of hydrogen-bond acceptors (Lipinski definition) is 5. The van der Waals surface area contributed by atoms with Gasteiger partial charge in [-0.15, -0.1) is 5.10 Å². The van der Waals surface area contributed by atoms with Gasteiger partial charge >= 0.3 is 0 Å². The van der Waals surface area contributed by atoms with Crippen molar-refractivity contribution >= 4 is 17.5 Å². The maximum Gasteiger partial charge on any atom is 0.243 e. The van der Waals surface area contributed by atoms with Crippen molar-refractivity contribution in [1.29, 1.82) is 0 Å². The van der Waals surface area contributed by atoms with Crippen LogP contribution in [-0.4, -0.2) is 38.6 Å². The predicted octanol–water partition coefficient (Wildman–Crippen LogP) is 2.38. The van der Waals surface area contributed by atoms with Gasteiger partial charge in [0, 0.05) is 11.1 Å². The molecule has 0 radical (unpaired) electrons. The number of carbonyl (C=O) groups is 2. The molecule has 2 amide bonds. The van der Waals surface area contributed by atoms with E-state index in [2.05, 4.69) is 26.2 Å². The van der Waals surface area contributed by atoms with Crippen LogP contribution in [0.15, 0.2) is 18.2 Å². The van der Waals surface area contributed by atoms with Gasteiger partial charge in [-0.25, -0.2) is 4.39 Å². The number of anilines is 1. The summed E-state index contributed by atoms with van der Waals surface area (Å²) < 4.78 is 15.4. The Hall–Kier alpha value is -2.84. The monoisotopic (exact) mass is 412 g/mol. The fourth-order valence-electron chi connectivity index (χ4n) is 6.15. The van der Waals surface area contributed by atoms with Gasteiger partial charge in [0.05, 0.1) is 6.54 Å². The van der Waals surface area contributed by atoms with Crippen LogP contribution in [-0.2, 0) is 9.59 Å². The van der Waals surface area contributed by atoms with Crippen LogP contribution in [0.25, 0.3) is 5.69 Å². The van der Waals surface area contributed by atoms with Crippen molar-refractivity contribution < 1.29 is 14.0 Å². The quantitative estimate of drug-likeness (QED) is 0.785. The third kappa shape index (κ3) is 3.36. The molecule has 0 saturated heterocycles. The van der Waals surface area contributed by atoms with Crippen LogP contribution < -0.4 is 10.6 Å². The molecule has 8 nitrogen and oxygen atoms in total. The molecule has 1 aromatic heterocycles. The number of aromatic nitrogens is 4. The summed E-state index contributed by atoms with van der Waals surface area (Å²) in [5, 5.41) is 16.6. The molecular weight excluding hydrogens is 387 g/mol. The van der Waals surface area contributed by atoms with Crippen LogP contribution in [0.2, 0.25) is 0 Å². The molecule has 4 aliphatic carbocycles. The highest BCUT2D eigenvalue weighted by molar-refractivity contribution is 5.95. The van der Waals surface area contributed by atoms with E-state index in [1.807, 2.05) is 0 Å². The summed E-state index contributed by atoms with van der Waals surface area (Å²) >= 11 is 0. The van der Waals surface area contributed by atoms with Gasteiger partial charge in [0.1, 0.15) is 11.5 Å². The summed E-state index contributed by atoms with van der Waals surface area (Å²) in [6.07, 6.45) is 6.67. The molecule has 6 rings (SSSR count). The molecule has 4 saturated carbocycles. The standard InChI is InChI=1S/C21H25FN6O2/c1-12-25-26-27-28(12)18-7-16(2-3-17(18)22)24-19(29)11-23-20(30)21-8-13-4-14(9-21)6-15(5-13)10-21/h2-3,7,13-15H,4-6,8-11H2,1H3,(H,23,30)(H,24,29). The molecule has 1 heterocycles. The van der Waals surface area contributed by atoms with E-state index in [4.69, 9.17) is 0 Å². The van der Waals surface area contributed by atoms with Gasteiger partial charge in [-0.2, -0.15) is 4.68 Å². The molecule has 158 valence electrons. The molecule has 4 aliphatic rings. The first-order valence-electron chi connectivity index (χ1n) is 10.5. The summed E-state index contributed by atoms with van der Waals surface area (Å²) in [4.78, 5) is 25.4. The smallest absolute Gasteiger partial charge is 0.243 e. The topological polar surface area (TPSA) is 102 Å². The zero-order valence-corrected chi connectivity index (χ0v) is 16.9. The molecule has 9 heteroatoms. The average molecular weight is 412 g/mol. The van der Waals surface area contributed by atoms with E-state index in [9.17, 15) is 14.0 Å². The second-order valence-corrected chi connectivity index (χ2v) is 9.23. The maximum absolute atomic E-state index is 14.2. The van der Waals surface area contributed by atoms with Gasteiger partial charge in [0.15, 0.2) is 5.82 Å². The van der Waals surface area contributed by atoms with E-state index in [0.29, 0.717) is 29.3 Å². The van der Waals surface area contributed by atoms with Gasteiger partial charge in [0.2, 0.25) is 11.8 Å². The van der Waals surface area contributed by atoms with Crippen LogP contribution in [0.5, 0.6) is 0 Å². The van der Waals surface area contributed by atoms with E-state index in [1.165, 1.54) is 42.1 Å².